The van der Waals surface area contributed by atoms with Crippen molar-refractivity contribution < 1.29 is 27.1 Å². The lowest BCUT2D eigenvalue weighted by atomic mass is 10.1. The number of carbonyl (C=O) groups excluding carboxylic acids is 2. The number of sulfone groups is 1. The molecule has 1 heterocycles. The number of esters is 1. The normalized spacial score (nSPS) is 11.3. The van der Waals surface area contributed by atoms with Gasteiger partial charge in [-0.05, 0) is 56.2 Å². The summed E-state index contributed by atoms with van der Waals surface area (Å²) in [4.78, 5) is 32.0. The van der Waals surface area contributed by atoms with Gasteiger partial charge in [-0.1, -0.05) is 29.5 Å². The fourth-order valence-corrected chi connectivity index (χ4v) is 4.70. The lowest BCUT2D eigenvalue weighted by Crippen LogP contribution is -2.31. The highest BCUT2D eigenvalue weighted by molar-refractivity contribution is 7.90. The van der Waals surface area contributed by atoms with Gasteiger partial charge in [0.1, 0.15) is 10.7 Å². The van der Waals surface area contributed by atoms with Crippen LogP contribution < -0.4 is 4.90 Å². The van der Waals surface area contributed by atoms with Crippen molar-refractivity contribution in [3.63, 3.8) is 0 Å². The summed E-state index contributed by atoms with van der Waals surface area (Å²) in [5.41, 5.74) is 1.81. The molecule has 174 valence electrons. The molecule has 0 atom stereocenters. The third-order valence-electron chi connectivity index (χ3n) is 4.84. The van der Waals surface area contributed by atoms with Gasteiger partial charge in [0.05, 0.1) is 23.7 Å². The molecule has 0 aliphatic carbocycles. The number of benzene rings is 2. The number of hydrogen-bond donors (Lipinski definition) is 0. The first-order chi connectivity index (χ1) is 15.5. The standard InChI is InChI=1S/C23H23FN2O5S2/c1-5-31-22(28)20-15(3)25-23(32-20)26(13-16-7-9-17(24)10-8-16)21(27)19-12-18(33(4,29)30)11-6-14(19)2/h6-12H,5,13H2,1-4H3. The minimum Gasteiger partial charge on any atom is -0.462 e. The molecule has 33 heavy (non-hydrogen) atoms. The first kappa shape index (κ1) is 24.5. The summed E-state index contributed by atoms with van der Waals surface area (Å²) in [6, 6.07) is 9.99. The second-order valence-corrected chi connectivity index (χ2v) is 10.4. The van der Waals surface area contributed by atoms with Crippen LogP contribution in [0, 0.1) is 19.7 Å². The van der Waals surface area contributed by atoms with Gasteiger partial charge >= 0.3 is 5.97 Å². The zero-order chi connectivity index (χ0) is 24.3. The molecule has 0 saturated carbocycles. The zero-order valence-corrected chi connectivity index (χ0v) is 20.2. The van der Waals surface area contributed by atoms with Gasteiger partial charge in [-0.25, -0.2) is 22.6 Å². The van der Waals surface area contributed by atoms with Crippen LogP contribution in [-0.4, -0.2) is 38.1 Å². The number of aromatic nitrogens is 1. The van der Waals surface area contributed by atoms with Gasteiger partial charge in [-0.2, -0.15) is 0 Å². The van der Waals surface area contributed by atoms with E-state index in [0.717, 1.165) is 17.6 Å². The smallest absolute Gasteiger partial charge is 0.350 e. The van der Waals surface area contributed by atoms with Crippen LogP contribution in [0.25, 0.3) is 0 Å². The van der Waals surface area contributed by atoms with E-state index in [1.807, 2.05) is 0 Å². The highest BCUT2D eigenvalue weighted by atomic mass is 32.2. The van der Waals surface area contributed by atoms with Crippen molar-refractivity contribution in [3.8, 4) is 0 Å². The molecule has 0 N–H and O–H groups in total. The van der Waals surface area contributed by atoms with Crippen LogP contribution in [0.3, 0.4) is 0 Å². The number of halogens is 1. The average molecular weight is 491 g/mol. The van der Waals surface area contributed by atoms with E-state index >= 15 is 0 Å². The third kappa shape index (κ3) is 5.63. The van der Waals surface area contributed by atoms with Gasteiger partial charge < -0.3 is 4.74 Å². The van der Waals surface area contributed by atoms with Gasteiger partial charge in [-0.3, -0.25) is 9.69 Å². The van der Waals surface area contributed by atoms with E-state index < -0.39 is 27.5 Å². The number of anilines is 1. The topological polar surface area (TPSA) is 93.6 Å². The minimum atomic E-state index is -3.54. The molecule has 0 spiro atoms. The Kier molecular flexibility index (Phi) is 7.28. The first-order valence-corrected chi connectivity index (χ1v) is 12.7. The predicted octanol–water partition coefficient (Wildman–Crippen LogP) is 4.33. The lowest BCUT2D eigenvalue weighted by Gasteiger charge is -2.21. The molecular formula is C23H23FN2O5S2. The van der Waals surface area contributed by atoms with Crippen molar-refractivity contribution >= 4 is 38.2 Å². The van der Waals surface area contributed by atoms with E-state index in [-0.39, 0.29) is 33.6 Å². The van der Waals surface area contributed by atoms with Gasteiger partial charge in [-0.15, -0.1) is 0 Å². The fraction of sp³-hybridized carbons (Fsp3) is 0.261. The Balaban J connectivity index is 2.10. The van der Waals surface area contributed by atoms with Crippen molar-refractivity contribution in [3.05, 3.63) is 75.5 Å². The summed E-state index contributed by atoms with van der Waals surface area (Å²) in [5.74, 6) is -1.45. The Morgan fingerprint density at radius 1 is 1.12 bits per heavy atom. The van der Waals surface area contributed by atoms with Crippen LogP contribution in [-0.2, 0) is 21.1 Å². The Labute approximate surface area is 195 Å². The molecule has 0 aliphatic heterocycles. The maximum Gasteiger partial charge on any atom is 0.350 e. The zero-order valence-electron chi connectivity index (χ0n) is 18.6. The molecule has 7 nitrogen and oxygen atoms in total. The Hall–Kier alpha value is -3.11. The molecule has 1 aromatic heterocycles. The summed E-state index contributed by atoms with van der Waals surface area (Å²) in [6.45, 7) is 5.27. The minimum absolute atomic E-state index is 0.0146. The maximum absolute atomic E-state index is 13.6. The SMILES string of the molecule is CCOC(=O)c1sc(N(Cc2ccc(F)cc2)C(=O)c2cc(S(C)(=O)=O)ccc2C)nc1C. The number of nitrogens with zero attached hydrogens (tertiary/aromatic N) is 2. The predicted molar refractivity (Wildman–Crippen MR) is 124 cm³/mol. The quantitative estimate of drug-likeness (QED) is 0.458. The van der Waals surface area contributed by atoms with Crippen LogP contribution in [0.15, 0.2) is 47.4 Å². The van der Waals surface area contributed by atoms with Gasteiger partial charge in [0.15, 0.2) is 15.0 Å². The Morgan fingerprint density at radius 2 is 1.79 bits per heavy atom. The molecule has 1 amide bonds. The molecule has 3 aromatic rings. The second-order valence-electron chi connectivity index (χ2n) is 7.40. The molecule has 10 heteroatoms. The van der Waals surface area contributed by atoms with Crippen LogP contribution in [0.5, 0.6) is 0 Å². The summed E-state index contributed by atoms with van der Waals surface area (Å²) < 4.78 is 42.6. The summed E-state index contributed by atoms with van der Waals surface area (Å²) >= 11 is 1.00. The van der Waals surface area contributed by atoms with E-state index in [2.05, 4.69) is 4.98 Å². The summed E-state index contributed by atoms with van der Waals surface area (Å²) in [5, 5.41) is 0.244. The number of thiazole rings is 1. The number of rotatable bonds is 7. The summed E-state index contributed by atoms with van der Waals surface area (Å²) in [6.07, 6.45) is 1.07. The molecule has 0 radical (unpaired) electrons. The largest absolute Gasteiger partial charge is 0.462 e. The number of carbonyl (C=O) groups is 2. The van der Waals surface area contributed by atoms with Crippen molar-refractivity contribution in [1.82, 2.24) is 4.98 Å². The van der Waals surface area contributed by atoms with E-state index in [0.29, 0.717) is 16.8 Å². The molecule has 0 bridgehead atoms. The van der Waals surface area contributed by atoms with Crippen molar-refractivity contribution in [2.75, 3.05) is 17.8 Å². The molecule has 3 rings (SSSR count). The molecule has 0 saturated heterocycles. The van der Waals surface area contributed by atoms with Crippen LogP contribution >= 0.6 is 11.3 Å². The van der Waals surface area contributed by atoms with Crippen molar-refractivity contribution in [2.24, 2.45) is 0 Å². The third-order valence-corrected chi connectivity index (χ3v) is 7.11. The maximum atomic E-state index is 13.6. The fourth-order valence-electron chi connectivity index (χ4n) is 3.09. The number of aryl methyl sites for hydroxylation is 2. The van der Waals surface area contributed by atoms with Crippen molar-refractivity contribution in [2.45, 2.75) is 32.2 Å². The molecule has 0 unspecified atom stereocenters. The lowest BCUT2D eigenvalue weighted by molar-refractivity contribution is 0.0531. The Bertz CT molecular complexity index is 1300. The molecule has 2 aromatic carbocycles. The van der Waals surface area contributed by atoms with Gasteiger partial charge in [0, 0.05) is 11.8 Å². The Morgan fingerprint density at radius 3 is 2.39 bits per heavy atom. The first-order valence-electron chi connectivity index (χ1n) is 10.0. The van der Waals surface area contributed by atoms with Gasteiger partial charge in [0.2, 0.25) is 0 Å². The molecular weight excluding hydrogens is 467 g/mol. The average Bonchev–Trinajstić information content (AvgIpc) is 3.14. The highest BCUT2D eigenvalue weighted by Crippen LogP contribution is 2.30. The van der Waals surface area contributed by atoms with Crippen LogP contribution in [0.4, 0.5) is 9.52 Å². The van der Waals surface area contributed by atoms with E-state index in [1.54, 1.807) is 39.0 Å². The number of amides is 1. The van der Waals surface area contributed by atoms with Crippen LogP contribution in [0.2, 0.25) is 0 Å². The second kappa shape index (κ2) is 9.80. The number of ether oxygens (including phenoxy) is 1. The van der Waals surface area contributed by atoms with Crippen molar-refractivity contribution in [1.29, 1.82) is 0 Å². The molecule has 0 fully saturated rings. The van der Waals surface area contributed by atoms with Gasteiger partial charge in [0.25, 0.3) is 5.91 Å². The van der Waals surface area contributed by atoms with E-state index in [4.69, 9.17) is 4.74 Å². The number of hydrogen-bond acceptors (Lipinski definition) is 7. The monoisotopic (exact) mass is 490 g/mol. The van der Waals surface area contributed by atoms with E-state index in [9.17, 15) is 22.4 Å². The summed E-state index contributed by atoms with van der Waals surface area (Å²) in [7, 11) is -3.54. The van der Waals surface area contributed by atoms with E-state index in [1.165, 1.54) is 29.2 Å². The van der Waals surface area contributed by atoms with Crippen LogP contribution in [0.1, 0.15) is 43.8 Å². The molecule has 0 aliphatic rings. The highest BCUT2D eigenvalue weighted by Gasteiger charge is 2.27.